The van der Waals surface area contributed by atoms with Crippen molar-refractivity contribution in [2.24, 2.45) is 0 Å². The van der Waals surface area contributed by atoms with Crippen molar-refractivity contribution in [3.63, 3.8) is 0 Å². The first-order chi connectivity index (χ1) is 27.1. The summed E-state index contributed by atoms with van der Waals surface area (Å²) >= 11 is 0. The van der Waals surface area contributed by atoms with Gasteiger partial charge in [0.15, 0.2) is 0 Å². The van der Waals surface area contributed by atoms with E-state index in [0.717, 1.165) is 22.6 Å². The van der Waals surface area contributed by atoms with Gasteiger partial charge < -0.3 is 23.8 Å². The predicted octanol–water partition coefficient (Wildman–Crippen LogP) is 6.40. The molecule has 0 amide bonds. The molecule has 0 aliphatic carbocycles. The van der Waals surface area contributed by atoms with Gasteiger partial charge in [-0.05, 0) is 94.4 Å². The smallest absolute Gasteiger partial charge is 0.246 e. The number of rotatable bonds is 8. The molecule has 55 heavy (non-hydrogen) atoms. The number of ether oxygens (including phenoxy) is 4. The maximum Gasteiger partial charge on any atom is 0.246 e. The van der Waals surface area contributed by atoms with Crippen LogP contribution in [0.5, 0.6) is 11.5 Å². The van der Waals surface area contributed by atoms with E-state index >= 15 is 0 Å². The largest absolute Gasteiger partial charge is 0.462 e. The van der Waals surface area contributed by atoms with Gasteiger partial charge >= 0.3 is 0 Å². The zero-order valence-corrected chi connectivity index (χ0v) is 30.6. The van der Waals surface area contributed by atoms with Crippen LogP contribution in [-0.2, 0) is 9.47 Å². The minimum Gasteiger partial charge on any atom is -0.462 e. The number of hydrogen-bond donors (Lipinski definition) is 0. The van der Waals surface area contributed by atoms with E-state index in [0.29, 0.717) is 0 Å². The van der Waals surface area contributed by atoms with Crippen LogP contribution in [-0.4, -0.2) is 38.2 Å². The van der Waals surface area contributed by atoms with Crippen LogP contribution in [0.15, 0.2) is 164 Å². The maximum atomic E-state index is 6.05. The first-order valence-electron chi connectivity index (χ1n) is 19.2. The second-order valence-corrected chi connectivity index (χ2v) is 15.1. The van der Waals surface area contributed by atoms with Crippen LogP contribution >= 0.6 is 0 Å². The Bertz CT molecular complexity index is 2560. The molecular formula is C48H37B2NO4. The molecule has 0 spiro atoms. The first kappa shape index (κ1) is 32.4. The van der Waals surface area contributed by atoms with Crippen LogP contribution in [0.4, 0.5) is 17.1 Å². The maximum absolute atomic E-state index is 6.05. The molecule has 0 aromatic heterocycles. The monoisotopic (exact) mass is 713 g/mol. The SMILES string of the molecule is CC1OC1Oc1ccc(-c2ccc3c(c2)B(c2ccccc2)c2cc(-c4ccc(OC5OC5C)cc4)cc4c2N3c2ccccc2B4c2ccccc2)cc1. The van der Waals surface area contributed by atoms with Crippen molar-refractivity contribution in [3.8, 4) is 33.8 Å². The second kappa shape index (κ2) is 12.8. The van der Waals surface area contributed by atoms with E-state index < -0.39 is 0 Å². The fraction of sp³-hybridized carbons (Fsp3) is 0.125. The molecule has 2 saturated heterocycles. The molecule has 4 atom stereocenters. The number of fused-ring (bicyclic) bond motifs is 4. The number of nitrogens with zero attached hydrogens (tertiary/aromatic N) is 1. The summed E-state index contributed by atoms with van der Waals surface area (Å²) in [4.78, 5) is 2.53. The zero-order chi connectivity index (χ0) is 36.6. The van der Waals surface area contributed by atoms with Gasteiger partial charge in [0.2, 0.25) is 26.0 Å². The van der Waals surface area contributed by atoms with Crippen LogP contribution in [0, 0.1) is 0 Å². The van der Waals surface area contributed by atoms with Crippen LogP contribution < -0.4 is 47.2 Å². The Morgan fingerprint density at radius 2 is 0.873 bits per heavy atom. The molecule has 4 heterocycles. The third-order valence-corrected chi connectivity index (χ3v) is 11.5. The average Bonchev–Trinajstić information content (AvgIpc) is 4.14. The molecule has 4 aliphatic rings. The molecule has 0 radical (unpaired) electrons. The number of hydrogen-bond acceptors (Lipinski definition) is 5. The molecule has 264 valence electrons. The van der Waals surface area contributed by atoms with Crippen LogP contribution in [0.1, 0.15) is 13.8 Å². The lowest BCUT2D eigenvalue weighted by atomic mass is 9.30. The van der Waals surface area contributed by atoms with Gasteiger partial charge in [-0.15, -0.1) is 0 Å². The van der Waals surface area contributed by atoms with Crippen molar-refractivity contribution in [2.75, 3.05) is 4.90 Å². The third-order valence-electron chi connectivity index (χ3n) is 11.5. The summed E-state index contributed by atoms with van der Waals surface area (Å²) in [5, 5.41) is 0. The average molecular weight is 713 g/mol. The highest BCUT2D eigenvalue weighted by molar-refractivity contribution is 7.02. The van der Waals surface area contributed by atoms with Crippen LogP contribution in [0.25, 0.3) is 22.3 Å². The summed E-state index contributed by atoms with van der Waals surface area (Å²) in [6.07, 6.45) is -0.0489. The van der Waals surface area contributed by atoms with Crippen molar-refractivity contribution in [3.05, 3.63) is 164 Å². The first-order valence-corrected chi connectivity index (χ1v) is 19.2. The number of anilines is 3. The van der Waals surface area contributed by atoms with Crippen molar-refractivity contribution in [1.82, 2.24) is 0 Å². The van der Waals surface area contributed by atoms with E-state index in [1.54, 1.807) is 0 Å². The van der Waals surface area contributed by atoms with Gasteiger partial charge in [0.25, 0.3) is 0 Å². The minimum atomic E-state index is -0.166. The van der Waals surface area contributed by atoms with Crippen molar-refractivity contribution < 1.29 is 18.9 Å². The number of epoxide rings is 2. The standard InChI is InChI=1S/C48H37B2NO4/c1-30-47(52-30)54-38-22-17-32(18-23-38)34-21-26-45-41(27-34)50(37-13-7-4-8-14-37)43-29-35(33-19-24-39(25-20-33)55-48-31(2)53-48)28-42-46(43)51(45)44-16-10-9-15-40(44)49(42)36-11-5-3-6-12-36/h3-31,47-48H,1-2H3. The normalized spacial score (nSPS) is 19.9. The fourth-order valence-electron chi connectivity index (χ4n) is 8.66. The molecule has 2 fully saturated rings. The van der Waals surface area contributed by atoms with Gasteiger partial charge in [0, 0.05) is 17.1 Å². The summed E-state index contributed by atoms with van der Waals surface area (Å²) in [6, 6.07) is 59.7. The number of benzene rings is 7. The Labute approximate surface area is 322 Å². The molecule has 7 aromatic carbocycles. The fourth-order valence-corrected chi connectivity index (χ4v) is 8.66. The molecule has 7 heteroatoms. The Morgan fingerprint density at radius 3 is 1.42 bits per heavy atom. The second-order valence-electron chi connectivity index (χ2n) is 15.1. The van der Waals surface area contributed by atoms with Crippen LogP contribution in [0.2, 0.25) is 0 Å². The third kappa shape index (κ3) is 5.65. The van der Waals surface area contributed by atoms with E-state index in [4.69, 9.17) is 18.9 Å². The molecule has 4 aliphatic heterocycles. The summed E-state index contributed by atoms with van der Waals surface area (Å²) in [7, 11) is 0. The molecule has 4 unspecified atom stereocenters. The Balaban J connectivity index is 1.12. The van der Waals surface area contributed by atoms with E-state index in [9.17, 15) is 0 Å². The Morgan fingerprint density at radius 1 is 0.436 bits per heavy atom. The predicted molar refractivity (Wildman–Crippen MR) is 224 cm³/mol. The van der Waals surface area contributed by atoms with Crippen molar-refractivity contribution in [2.45, 2.75) is 38.6 Å². The van der Waals surface area contributed by atoms with Gasteiger partial charge in [-0.25, -0.2) is 0 Å². The van der Waals surface area contributed by atoms with E-state index in [-0.39, 0.29) is 38.2 Å². The summed E-state index contributed by atoms with van der Waals surface area (Å²) in [5.74, 6) is 1.64. The highest BCUT2D eigenvalue weighted by Crippen LogP contribution is 2.40. The quantitative estimate of drug-likeness (QED) is 0.135. The van der Waals surface area contributed by atoms with Gasteiger partial charge in [-0.1, -0.05) is 138 Å². The Kier molecular flexibility index (Phi) is 7.55. The lowest BCUT2D eigenvalue weighted by molar-refractivity contribution is 0.178. The van der Waals surface area contributed by atoms with Crippen LogP contribution in [0.3, 0.4) is 0 Å². The van der Waals surface area contributed by atoms with Gasteiger partial charge in [-0.3, -0.25) is 0 Å². The zero-order valence-electron chi connectivity index (χ0n) is 30.6. The van der Waals surface area contributed by atoms with E-state index in [1.807, 2.05) is 26.0 Å². The molecule has 0 N–H and O–H groups in total. The summed E-state index contributed by atoms with van der Waals surface area (Å²) in [5.41, 5.74) is 16.0. The van der Waals surface area contributed by atoms with Crippen molar-refractivity contribution >= 4 is 63.3 Å². The molecule has 5 nitrogen and oxygen atoms in total. The topological polar surface area (TPSA) is 46.8 Å². The van der Waals surface area contributed by atoms with Gasteiger partial charge in [0.05, 0.1) is 0 Å². The molecule has 11 rings (SSSR count). The minimum absolute atomic E-state index is 0.00463. The summed E-state index contributed by atoms with van der Waals surface area (Å²) < 4.78 is 23.1. The van der Waals surface area contributed by atoms with Gasteiger partial charge in [0.1, 0.15) is 23.7 Å². The van der Waals surface area contributed by atoms with E-state index in [2.05, 4.69) is 157 Å². The van der Waals surface area contributed by atoms with E-state index in [1.165, 1.54) is 61.0 Å². The highest BCUT2D eigenvalue weighted by atomic mass is 16.8. The summed E-state index contributed by atoms with van der Waals surface area (Å²) in [6.45, 7) is 4.11. The molecule has 0 bridgehead atoms. The molecular weight excluding hydrogens is 676 g/mol. The molecule has 0 saturated carbocycles. The molecule has 7 aromatic rings. The lowest BCUT2D eigenvalue weighted by Crippen LogP contribution is -2.65. The highest BCUT2D eigenvalue weighted by Gasteiger charge is 2.44. The van der Waals surface area contributed by atoms with Crippen molar-refractivity contribution in [1.29, 1.82) is 0 Å². The Hall–Kier alpha value is -6.01. The lowest BCUT2D eigenvalue weighted by Gasteiger charge is -2.44. The van der Waals surface area contributed by atoms with Gasteiger partial charge in [-0.2, -0.15) is 0 Å². The number of para-hydroxylation sites is 1.